The second-order valence-corrected chi connectivity index (χ2v) is 8.88. The lowest BCUT2D eigenvalue weighted by atomic mass is 9.84. The van der Waals surface area contributed by atoms with Crippen LogP contribution in [0.15, 0.2) is 35.7 Å². The van der Waals surface area contributed by atoms with Gasteiger partial charge >= 0.3 is 0 Å². The number of carbonyl (C=O) groups excluding carboxylic acids is 1. The molecule has 0 saturated heterocycles. The second kappa shape index (κ2) is 7.61. The van der Waals surface area contributed by atoms with Crippen molar-refractivity contribution in [3.8, 4) is 0 Å². The first-order valence-electron chi connectivity index (χ1n) is 9.39. The fraction of sp³-hybridized carbons (Fsp3) is 0.364. The number of pyridine rings is 1. The summed E-state index contributed by atoms with van der Waals surface area (Å²) in [4.78, 5) is 20.8. The molecule has 1 amide bonds. The van der Waals surface area contributed by atoms with Gasteiger partial charge in [0.25, 0.3) is 0 Å². The van der Waals surface area contributed by atoms with Crippen molar-refractivity contribution in [3.63, 3.8) is 0 Å². The molecule has 0 atom stereocenters. The Morgan fingerprint density at radius 3 is 2.74 bits per heavy atom. The smallest absolute Gasteiger partial charge is 0.226 e. The Balaban J connectivity index is 1.67. The van der Waals surface area contributed by atoms with E-state index in [1.165, 1.54) is 10.4 Å². The summed E-state index contributed by atoms with van der Waals surface area (Å²) in [5.41, 5.74) is 4.18. The Morgan fingerprint density at radius 1 is 1.26 bits per heavy atom. The van der Waals surface area contributed by atoms with Gasteiger partial charge in [0.05, 0.1) is 12.1 Å². The summed E-state index contributed by atoms with van der Waals surface area (Å²) in [6, 6.07) is 10.5. The summed E-state index contributed by atoms with van der Waals surface area (Å²) in [5, 5.41) is 3.63. The van der Waals surface area contributed by atoms with Crippen LogP contribution in [-0.2, 0) is 17.9 Å². The minimum Gasteiger partial charge on any atom is -0.333 e. The Kier molecular flexibility index (Phi) is 5.20. The number of halogens is 1. The molecule has 140 valence electrons. The van der Waals surface area contributed by atoms with Crippen molar-refractivity contribution in [2.75, 3.05) is 0 Å². The van der Waals surface area contributed by atoms with Crippen LogP contribution in [0.3, 0.4) is 0 Å². The SMILES string of the molecule is Cc1cc(C)c2nc(Cl)c(CN(Cc3cccs3)C(=O)C3CCC3)cc2c1. The van der Waals surface area contributed by atoms with E-state index in [-0.39, 0.29) is 11.8 Å². The van der Waals surface area contributed by atoms with Gasteiger partial charge in [0.15, 0.2) is 0 Å². The second-order valence-electron chi connectivity index (χ2n) is 7.49. The Bertz CT molecular complexity index is 980. The Hall–Kier alpha value is -1.91. The van der Waals surface area contributed by atoms with E-state index in [1.807, 2.05) is 11.0 Å². The summed E-state index contributed by atoms with van der Waals surface area (Å²) < 4.78 is 0. The molecule has 0 unspecified atom stereocenters. The number of rotatable bonds is 5. The lowest BCUT2D eigenvalue weighted by Crippen LogP contribution is -2.38. The fourth-order valence-electron chi connectivity index (χ4n) is 3.71. The van der Waals surface area contributed by atoms with E-state index in [0.717, 1.165) is 41.3 Å². The highest BCUT2D eigenvalue weighted by Crippen LogP contribution is 2.31. The topological polar surface area (TPSA) is 33.2 Å². The third kappa shape index (κ3) is 3.87. The average molecular weight is 399 g/mol. The number of aromatic nitrogens is 1. The summed E-state index contributed by atoms with van der Waals surface area (Å²) >= 11 is 8.21. The van der Waals surface area contributed by atoms with Gasteiger partial charge in [-0.25, -0.2) is 4.98 Å². The molecule has 2 aromatic heterocycles. The Labute approximate surface area is 169 Å². The maximum atomic E-state index is 13.0. The van der Waals surface area contributed by atoms with Gasteiger partial charge in [0.2, 0.25) is 5.91 Å². The highest BCUT2D eigenvalue weighted by atomic mass is 35.5. The standard InChI is InChI=1S/C22H23ClN2OS/c1-14-9-15(2)20-17(10-14)11-18(21(23)24-20)12-25(13-19-7-4-8-27-19)22(26)16-5-3-6-16/h4,7-11,16H,3,5-6,12-13H2,1-2H3. The summed E-state index contributed by atoms with van der Waals surface area (Å²) in [6.45, 7) is 5.28. The first-order valence-corrected chi connectivity index (χ1v) is 10.6. The van der Waals surface area contributed by atoms with Crippen LogP contribution in [0.2, 0.25) is 5.15 Å². The average Bonchev–Trinajstić information content (AvgIpc) is 3.07. The molecule has 2 heterocycles. The molecule has 0 spiro atoms. The van der Waals surface area contributed by atoms with Crippen molar-refractivity contribution in [3.05, 3.63) is 62.4 Å². The molecular formula is C22H23ClN2OS. The number of carbonyl (C=O) groups is 1. The highest BCUT2D eigenvalue weighted by molar-refractivity contribution is 7.09. The first-order chi connectivity index (χ1) is 13.0. The number of hydrogen-bond donors (Lipinski definition) is 0. The molecule has 1 aliphatic rings. The number of hydrogen-bond acceptors (Lipinski definition) is 3. The van der Waals surface area contributed by atoms with Crippen LogP contribution in [0.1, 0.15) is 40.8 Å². The van der Waals surface area contributed by atoms with Crippen molar-refractivity contribution in [1.29, 1.82) is 0 Å². The first kappa shape index (κ1) is 18.5. The maximum Gasteiger partial charge on any atom is 0.226 e. The molecule has 0 bridgehead atoms. The molecule has 0 aliphatic heterocycles. The molecule has 3 nitrogen and oxygen atoms in total. The van der Waals surface area contributed by atoms with Crippen LogP contribution in [0, 0.1) is 19.8 Å². The Morgan fingerprint density at radius 2 is 2.07 bits per heavy atom. The molecular weight excluding hydrogens is 376 g/mol. The quantitative estimate of drug-likeness (QED) is 0.501. The lowest BCUT2D eigenvalue weighted by molar-refractivity contribution is -0.139. The number of benzene rings is 1. The number of amides is 1. The van der Waals surface area contributed by atoms with Gasteiger partial charge in [-0.3, -0.25) is 4.79 Å². The van der Waals surface area contributed by atoms with Crippen LogP contribution in [-0.4, -0.2) is 15.8 Å². The zero-order valence-electron chi connectivity index (χ0n) is 15.7. The van der Waals surface area contributed by atoms with Crippen LogP contribution in [0.4, 0.5) is 0 Å². The van der Waals surface area contributed by atoms with Crippen LogP contribution >= 0.6 is 22.9 Å². The van der Waals surface area contributed by atoms with Crippen molar-refractivity contribution < 1.29 is 4.79 Å². The molecule has 0 radical (unpaired) electrons. The number of nitrogens with zero attached hydrogens (tertiary/aromatic N) is 2. The fourth-order valence-corrected chi connectivity index (χ4v) is 4.62. The molecule has 1 fully saturated rings. The van der Waals surface area contributed by atoms with E-state index < -0.39 is 0 Å². The van der Waals surface area contributed by atoms with Crippen LogP contribution in [0.5, 0.6) is 0 Å². The maximum absolute atomic E-state index is 13.0. The van der Waals surface area contributed by atoms with Crippen molar-refractivity contribution in [2.24, 2.45) is 5.92 Å². The molecule has 4 rings (SSSR count). The molecule has 27 heavy (non-hydrogen) atoms. The van der Waals surface area contributed by atoms with E-state index in [2.05, 4.69) is 48.5 Å². The van der Waals surface area contributed by atoms with E-state index >= 15 is 0 Å². The van der Waals surface area contributed by atoms with Gasteiger partial charge < -0.3 is 4.90 Å². The van der Waals surface area contributed by atoms with Gasteiger partial charge in [-0.15, -0.1) is 11.3 Å². The van der Waals surface area contributed by atoms with Crippen molar-refractivity contribution in [1.82, 2.24) is 9.88 Å². The van der Waals surface area contributed by atoms with Gasteiger partial charge in [-0.2, -0.15) is 0 Å². The number of fused-ring (bicyclic) bond motifs is 1. The largest absolute Gasteiger partial charge is 0.333 e. The van der Waals surface area contributed by atoms with Crippen molar-refractivity contribution >= 4 is 39.7 Å². The molecule has 0 N–H and O–H groups in total. The summed E-state index contributed by atoms with van der Waals surface area (Å²) in [7, 11) is 0. The molecule has 1 saturated carbocycles. The van der Waals surface area contributed by atoms with E-state index in [4.69, 9.17) is 11.6 Å². The van der Waals surface area contributed by atoms with E-state index in [9.17, 15) is 4.79 Å². The molecule has 1 aromatic carbocycles. The number of aryl methyl sites for hydroxylation is 2. The third-order valence-electron chi connectivity index (χ3n) is 5.33. The van der Waals surface area contributed by atoms with Gasteiger partial charge in [0, 0.05) is 28.3 Å². The number of thiophene rings is 1. The zero-order valence-corrected chi connectivity index (χ0v) is 17.2. The van der Waals surface area contributed by atoms with E-state index in [0.29, 0.717) is 18.2 Å². The molecule has 5 heteroatoms. The van der Waals surface area contributed by atoms with Gasteiger partial charge in [-0.05, 0) is 55.8 Å². The summed E-state index contributed by atoms with van der Waals surface area (Å²) in [6.07, 6.45) is 3.16. The van der Waals surface area contributed by atoms with E-state index in [1.54, 1.807) is 11.3 Å². The van der Waals surface area contributed by atoms with Gasteiger partial charge in [-0.1, -0.05) is 35.7 Å². The van der Waals surface area contributed by atoms with Crippen LogP contribution < -0.4 is 0 Å². The molecule has 1 aliphatic carbocycles. The minimum atomic E-state index is 0.168. The summed E-state index contributed by atoms with van der Waals surface area (Å²) in [5.74, 6) is 0.410. The minimum absolute atomic E-state index is 0.168. The normalized spacial score (nSPS) is 14.3. The monoisotopic (exact) mass is 398 g/mol. The van der Waals surface area contributed by atoms with Gasteiger partial charge in [0.1, 0.15) is 5.15 Å². The molecule has 3 aromatic rings. The van der Waals surface area contributed by atoms with Crippen molar-refractivity contribution in [2.45, 2.75) is 46.2 Å². The van der Waals surface area contributed by atoms with Crippen LogP contribution in [0.25, 0.3) is 10.9 Å². The highest BCUT2D eigenvalue weighted by Gasteiger charge is 2.30. The predicted molar refractivity (Wildman–Crippen MR) is 112 cm³/mol. The zero-order chi connectivity index (χ0) is 19.0. The lowest BCUT2D eigenvalue weighted by Gasteiger charge is -2.31. The third-order valence-corrected chi connectivity index (χ3v) is 6.52. The predicted octanol–water partition coefficient (Wildman–Crippen LogP) is 5.90.